The normalized spacial score (nSPS) is 12.1. The van der Waals surface area contributed by atoms with Crippen molar-refractivity contribution in [3.8, 4) is 5.75 Å². The van der Waals surface area contributed by atoms with Crippen molar-refractivity contribution in [1.82, 2.24) is 0 Å². The van der Waals surface area contributed by atoms with Crippen molar-refractivity contribution in [3.63, 3.8) is 0 Å². The third-order valence-corrected chi connectivity index (χ3v) is 3.76. The molecule has 0 saturated heterocycles. The molecular formula is C13H17KO7S. The Morgan fingerprint density at radius 2 is 1.91 bits per heavy atom. The van der Waals surface area contributed by atoms with E-state index < -0.39 is 33.7 Å². The number of para-hydroxylation sites is 1. The van der Waals surface area contributed by atoms with Gasteiger partial charge < -0.3 is 11.3 Å². The molecule has 1 atom stereocenters. The molecule has 0 aliphatic rings. The van der Waals surface area contributed by atoms with Crippen LogP contribution in [0.3, 0.4) is 0 Å². The number of hydrogen-bond donors (Lipinski definition) is 2. The summed E-state index contributed by atoms with van der Waals surface area (Å²) < 4.78 is 36.1. The van der Waals surface area contributed by atoms with Crippen LogP contribution in [0.15, 0.2) is 24.3 Å². The molecule has 0 heterocycles. The molecule has 0 aliphatic heterocycles. The molecule has 9 heteroatoms. The van der Waals surface area contributed by atoms with Crippen molar-refractivity contribution < 1.29 is 85.2 Å². The number of aliphatic carboxylic acids is 1. The number of benzene rings is 1. The summed E-state index contributed by atoms with van der Waals surface area (Å²) in [6, 6.07) is 6.53. The molecule has 1 aromatic rings. The molecule has 0 bridgehead atoms. The van der Waals surface area contributed by atoms with Gasteiger partial charge in [0.15, 0.2) is 5.25 Å². The molecule has 2 N–H and O–H groups in total. The third kappa shape index (κ3) is 6.86. The van der Waals surface area contributed by atoms with Gasteiger partial charge in [-0.1, -0.05) is 31.5 Å². The van der Waals surface area contributed by atoms with E-state index in [1.54, 1.807) is 18.2 Å². The van der Waals surface area contributed by atoms with Crippen molar-refractivity contribution in [2.75, 3.05) is 0 Å². The second-order valence-corrected chi connectivity index (χ2v) is 5.98. The molecule has 118 valence electrons. The van der Waals surface area contributed by atoms with Crippen LogP contribution >= 0.6 is 0 Å². The Kier molecular flexibility index (Phi) is 9.63. The van der Waals surface area contributed by atoms with Gasteiger partial charge in [-0.3, -0.25) is 14.1 Å². The smallest absolute Gasteiger partial charge is 1.00 e. The van der Waals surface area contributed by atoms with E-state index in [0.717, 1.165) is 6.42 Å². The van der Waals surface area contributed by atoms with Crippen LogP contribution in [-0.4, -0.2) is 35.3 Å². The molecule has 0 aliphatic carbocycles. The molecule has 7 nitrogen and oxygen atoms in total. The Hall–Kier alpha value is -0.294. The first-order valence-corrected chi connectivity index (χ1v) is 7.73. The van der Waals surface area contributed by atoms with Crippen LogP contribution < -0.4 is 56.1 Å². The number of carboxylic acid groups (broad SMARTS) is 1. The number of aryl methyl sites for hydroxylation is 1. The van der Waals surface area contributed by atoms with Crippen LogP contribution in [0.25, 0.3) is 0 Å². The minimum atomic E-state index is -4.86. The maximum absolute atomic E-state index is 11.8. The molecule has 1 unspecified atom stereocenters. The van der Waals surface area contributed by atoms with Crippen LogP contribution in [-0.2, 0) is 26.1 Å². The maximum Gasteiger partial charge on any atom is 1.00 e. The number of carbonyl (C=O) groups excluding carboxylic acids is 1. The van der Waals surface area contributed by atoms with Crippen molar-refractivity contribution >= 4 is 22.1 Å². The van der Waals surface area contributed by atoms with Gasteiger partial charge in [0.05, 0.1) is 6.42 Å². The Bertz CT molecular complexity index is 633. The third-order valence-electron chi connectivity index (χ3n) is 2.68. The predicted octanol–water partition coefficient (Wildman–Crippen LogP) is -1.61. The monoisotopic (exact) mass is 356 g/mol. The quantitative estimate of drug-likeness (QED) is 0.261. The zero-order valence-corrected chi connectivity index (χ0v) is 16.3. The van der Waals surface area contributed by atoms with Crippen LogP contribution in [0.2, 0.25) is 0 Å². The Labute approximate surface area is 172 Å². The van der Waals surface area contributed by atoms with E-state index in [1.807, 2.05) is 6.92 Å². The first kappa shape index (κ1) is 21.7. The maximum atomic E-state index is 11.8. The summed E-state index contributed by atoms with van der Waals surface area (Å²) >= 11 is 0. The average molecular weight is 356 g/mol. The minimum absolute atomic E-state index is 0. The summed E-state index contributed by atoms with van der Waals surface area (Å²) in [7, 11) is -4.86. The summed E-state index contributed by atoms with van der Waals surface area (Å²) in [5.41, 5.74) is 0.692. The topological polar surface area (TPSA) is 118 Å². The van der Waals surface area contributed by atoms with Gasteiger partial charge in [-0.05, 0) is 18.1 Å². The largest absolute Gasteiger partial charge is 1.00 e. The number of ether oxygens (including phenoxy) is 1. The van der Waals surface area contributed by atoms with Crippen molar-refractivity contribution in [2.45, 2.75) is 31.4 Å². The minimum Gasteiger partial charge on any atom is -1.00 e. The fraction of sp³-hybridized carbons (Fsp3) is 0.385. The first-order chi connectivity index (χ1) is 9.75. The Morgan fingerprint density at radius 1 is 1.32 bits per heavy atom. The van der Waals surface area contributed by atoms with E-state index in [4.69, 9.17) is 14.4 Å². The molecule has 0 saturated carbocycles. The number of esters is 1. The van der Waals surface area contributed by atoms with Gasteiger partial charge in [-0.25, -0.2) is 0 Å². The standard InChI is InChI=1S/C13H16O7S.K.H/c1-2-5-9-6-3-4-7-10(9)20-13(16)11(8-12(14)15)21(17,18)19;;/h3-4,6-7,11H,2,5,8H2,1H3,(H,14,15)(H,17,18,19);;/q;+1;-1. The van der Waals surface area contributed by atoms with Crippen LogP contribution in [0, 0.1) is 0 Å². The number of hydrogen-bond acceptors (Lipinski definition) is 5. The summed E-state index contributed by atoms with van der Waals surface area (Å²) in [4.78, 5) is 22.4. The number of rotatable bonds is 7. The molecule has 0 fully saturated rings. The van der Waals surface area contributed by atoms with Crippen LogP contribution in [0.4, 0.5) is 0 Å². The molecular weight excluding hydrogens is 339 g/mol. The van der Waals surface area contributed by atoms with Gasteiger partial charge in [-0.15, -0.1) is 0 Å². The van der Waals surface area contributed by atoms with E-state index >= 15 is 0 Å². The fourth-order valence-electron chi connectivity index (χ4n) is 1.72. The van der Waals surface area contributed by atoms with Crippen molar-refractivity contribution in [2.24, 2.45) is 0 Å². The molecule has 0 aromatic heterocycles. The first-order valence-electron chi connectivity index (χ1n) is 6.23. The molecule has 1 aromatic carbocycles. The second-order valence-electron chi connectivity index (χ2n) is 4.38. The zero-order valence-electron chi connectivity index (χ0n) is 13.4. The van der Waals surface area contributed by atoms with E-state index in [-0.39, 0.29) is 58.6 Å². The van der Waals surface area contributed by atoms with Crippen molar-refractivity contribution in [3.05, 3.63) is 29.8 Å². The van der Waals surface area contributed by atoms with E-state index in [1.165, 1.54) is 6.07 Å². The predicted molar refractivity (Wildman–Crippen MR) is 74.8 cm³/mol. The molecule has 0 radical (unpaired) electrons. The number of carbonyl (C=O) groups is 2. The second kappa shape index (κ2) is 9.76. The summed E-state index contributed by atoms with van der Waals surface area (Å²) in [5, 5.41) is 6.47. The molecule has 0 amide bonds. The Balaban J connectivity index is 0. The van der Waals surface area contributed by atoms with Crippen molar-refractivity contribution in [1.29, 1.82) is 0 Å². The van der Waals surface area contributed by atoms with Gasteiger partial charge >= 0.3 is 63.3 Å². The Morgan fingerprint density at radius 3 is 2.41 bits per heavy atom. The van der Waals surface area contributed by atoms with Crippen LogP contribution in [0.5, 0.6) is 5.75 Å². The van der Waals surface area contributed by atoms with Gasteiger partial charge in [0, 0.05) is 0 Å². The summed E-state index contributed by atoms with van der Waals surface area (Å²) in [6.07, 6.45) is 0.331. The summed E-state index contributed by atoms with van der Waals surface area (Å²) in [6.45, 7) is 1.92. The van der Waals surface area contributed by atoms with Gasteiger partial charge in [0.25, 0.3) is 10.1 Å². The van der Waals surface area contributed by atoms with Gasteiger partial charge in [0.2, 0.25) is 0 Å². The van der Waals surface area contributed by atoms with E-state index in [2.05, 4.69) is 0 Å². The molecule has 0 spiro atoms. The molecule has 1 rings (SSSR count). The SMILES string of the molecule is CCCc1ccccc1OC(=O)C(CC(=O)O)S(=O)(=O)O.[H-].[K+]. The van der Waals surface area contributed by atoms with E-state index in [0.29, 0.717) is 12.0 Å². The fourth-order valence-corrected chi connectivity index (χ4v) is 2.37. The van der Waals surface area contributed by atoms with E-state index in [9.17, 15) is 18.0 Å². The molecule has 22 heavy (non-hydrogen) atoms. The number of carboxylic acids is 1. The van der Waals surface area contributed by atoms with Crippen LogP contribution in [0.1, 0.15) is 26.8 Å². The van der Waals surface area contributed by atoms with Gasteiger partial charge in [0.1, 0.15) is 5.75 Å². The van der Waals surface area contributed by atoms with Gasteiger partial charge in [-0.2, -0.15) is 8.42 Å². The zero-order chi connectivity index (χ0) is 16.0. The average Bonchev–Trinajstić information content (AvgIpc) is 2.37. The summed E-state index contributed by atoms with van der Waals surface area (Å²) in [5.74, 6) is -2.69.